The highest BCUT2D eigenvalue weighted by Gasteiger charge is 2.58. The topological polar surface area (TPSA) is 0 Å². The zero-order chi connectivity index (χ0) is 10.9. The van der Waals surface area contributed by atoms with Crippen LogP contribution in [0.1, 0.15) is 5.56 Å². The molecule has 1 fully saturated rings. The van der Waals surface area contributed by atoms with Gasteiger partial charge in [-0.25, -0.2) is 0 Å². The fourth-order valence-electron chi connectivity index (χ4n) is 1.52. The molecule has 4 heteroatoms. The van der Waals surface area contributed by atoms with Crippen LogP contribution in [0.5, 0.6) is 0 Å². The van der Waals surface area contributed by atoms with E-state index in [9.17, 15) is 13.2 Å². The Morgan fingerprint density at radius 1 is 1.13 bits per heavy atom. The summed E-state index contributed by atoms with van der Waals surface area (Å²) in [7, 11) is 0. The van der Waals surface area contributed by atoms with Gasteiger partial charge in [-0.3, -0.25) is 0 Å². The third-order valence-corrected chi connectivity index (χ3v) is 3.96. The summed E-state index contributed by atoms with van der Waals surface area (Å²) in [5, 5.41) is 0. The Balaban J connectivity index is 2.16. The van der Waals surface area contributed by atoms with Crippen LogP contribution in [0.4, 0.5) is 13.2 Å². The SMILES string of the molecule is FC(F)(F)C1([CH]c2ccccc2)CSC1. The van der Waals surface area contributed by atoms with Gasteiger partial charge in [0.05, 0.1) is 5.41 Å². The van der Waals surface area contributed by atoms with Crippen LogP contribution in [-0.4, -0.2) is 17.7 Å². The Labute approximate surface area is 90.9 Å². The molecule has 0 aromatic heterocycles. The van der Waals surface area contributed by atoms with Gasteiger partial charge in [0.15, 0.2) is 0 Å². The van der Waals surface area contributed by atoms with Crippen LogP contribution >= 0.6 is 11.8 Å². The van der Waals surface area contributed by atoms with Gasteiger partial charge < -0.3 is 0 Å². The molecule has 0 saturated carbocycles. The van der Waals surface area contributed by atoms with Crippen molar-refractivity contribution in [3.8, 4) is 0 Å². The second-order valence-corrected chi connectivity index (χ2v) is 4.69. The molecule has 15 heavy (non-hydrogen) atoms. The number of thioether (sulfide) groups is 1. The van der Waals surface area contributed by atoms with Crippen molar-refractivity contribution in [2.75, 3.05) is 11.5 Å². The van der Waals surface area contributed by atoms with Gasteiger partial charge in [0.2, 0.25) is 0 Å². The lowest BCUT2D eigenvalue weighted by Gasteiger charge is -2.42. The molecule has 1 aliphatic heterocycles. The van der Waals surface area contributed by atoms with Crippen LogP contribution in [0, 0.1) is 11.8 Å². The van der Waals surface area contributed by atoms with Crippen LogP contribution in [0.3, 0.4) is 0 Å². The molecule has 81 valence electrons. The quantitative estimate of drug-likeness (QED) is 0.750. The maximum atomic E-state index is 12.8. The molecule has 0 unspecified atom stereocenters. The van der Waals surface area contributed by atoms with E-state index in [2.05, 4.69) is 0 Å². The average molecular weight is 231 g/mol. The van der Waals surface area contributed by atoms with E-state index < -0.39 is 11.6 Å². The molecule has 2 rings (SSSR count). The van der Waals surface area contributed by atoms with Crippen molar-refractivity contribution in [1.82, 2.24) is 0 Å². The Morgan fingerprint density at radius 2 is 1.73 bits per heavy atom. The lowest BCUT2D eigenvalue weighted by molar-refractivity contribution is -0.198. The van der Waals surface area contributed by atoms with Crippen LogP contribution < -0.4 is 0 Å². The minimum absolute atomic E-state index is 0.144. The smallest absolute Gasteiger partial charge is 0.170 e. The molecule has 1 radical (unpaired) electrons. The Morgan fingerprint density at radius 3 is 2.13 bits per heavy atom. The summed E-state index contributed by atoms with van der Waals surface area (Å²) in [6.45, 7) is 0. The van der Waals surface area contributed by atoms with Gasteiger partial charge in [0, 0.05) is 17.9 Å². The predicted molar refractivity (Wildman–Crippen MR) is 55.7 cm³/mol. The summed E-state index contributed by atoms with van der Waals surface area (Å²) in [5.41, 5.74) is -0.950. The summed E-state index contributed by atoms with van der Waals surface area (Å²) in [5.74, 6) is 0.288. The average Bonchev–Trinajstić information content (AvgIpc) is 2.11. The van der Waals surface area contributed by atoms with Gasteiger partial charge >= 0.3 is 6.18 Å². The van der Waals surface area contributed by atoms with Gasteiger partial charge in [-0.1, -0.05) is 30.3 Å². The lowest BCUT2D eigenvalue weighted by atomic mass is 9.83. The first-order chi connectivity index (χ1) is 7.04. The van der Waals surface area contributed by atoms with Crippen molar-refractivity contribution in [1.29, 1.82) is 0 Å². The zero-order valence-corrected chi connectivity index (χ0v) is 8.74. The van der Waals surface area contributed by atoms with Crippen LogP contribution in [0.15, 0.2) is 30.3 Å². The van der Waals surface area contributed by atoms with E-state index in [1.54, 1.807) is 30.3 Å². The minimum Gasteiger partial charge on any atom is -0.170 e. The summed E-state index contributed by atoms with van der Waals surface area (Å²) in [4.78, 5) is 0. The number of benzene rings is 1. The largest absolute Gasteiger partial charge is 0.396 e. The van der Waals surface area contributed by atoms with E-state index in [0.717, 1.165) is 0 Å². The molecular weight excluding hydrogens is 221 g/mol. The Hall–Kier alpha value is -0.640. The number of halogens is 3. The minimum atomic E-state index is -4.13. The third kappa shape index (κ3) is 2.00. The van der Waals surface area contributed by atoms with E-state index in [1.807, 2.05) is 0 Å². The molecule has 0 spiro atoms. The van der Waals surface area contributed by atoms with Crippen molar-refractivity contribution in [3.05, 3.63) is 42.3 Å². The summed E-state index contributed by atoms with van der Waals surface area (Å²) in [6, 6.07) is 8.71. The molecule has 0 aliphatic carbocycles. The van der Waals surface area contributed by atoms with E-state index in [4.69, 9.17) is 0 Å². The molecule has 0 nitrogen and oxygen atoms in total. The van der Waals surface area contributed by atoms with Gasteiger partial charge in [-0.05, 0) is 5.56 Å². The van der Waals surface area contributed by atoms with E-state index in [-0.39, 0.29) is 11.5 Å². The molecule has 0 bridgehead atoms. The van der Waals surface area contributed by atoms with Crippen LogP contribution in [0.2, 0.25) is 0 Å². The number of rotatable bonds is 2. The molecule has 0 atom stereocenters. The normalized spacial score (nSPS) is 19.7. The van der Waals surface area contributed by atoms with Crippen molar-refractivity contribution in [2.24, 2.45) is 5.41 Å². The van der Waals surface area contributed by atoms with Gasteiger partial charge in [-0.2, -0.15) is 24.9 Å². The molecule has 1 aromatic carbocycles. The first-order valence-electron chi connectivity index (χ1n) is 4.59. The molecule has 1 saturated heterocycles. The lowest BCUT2D eigenvalue weighted by Crippen LogP contribution is -2.49. The first kappa shape index (κ1) is 10.9. The van der Waals surface area contributed by atoms with Crippen LogP contribution in [0.25, 0.3) is 0 Å². The molecule has 0 amide bonds. The van der Waals surface area contributed by atoms with Crippen LogP contribution in [-0.2, 0) is 0 Å². The maximum Gasteiger partial charge on any atom is 0.396 e. The van der Waals surface area contributed by atoms with Crippen molar-refractivity contribution >= 4 is 11.8 Å². The van der Waals surface area contributed by atoms with Gasteiger partial charge in [0.1, 0.15) is 0 Å². The molecular formula is C11H10F3S. The number of hydrogen-bond acceptors (Lipinski definition) is 1. The van der Waals surface area contributed by atoms with E-state index >= 15 is 0 Å². The summed E-state index contributed by atoms with van der Waals surface area (Å²) < 4.78 is 38.4. The van der Waals surface area contributed by atoms with Crippen molar-refractivity contribution in [3.63, 3.8) is 0 Å². The highest BCUT2D eigenvalue weighted by molar-refractivity contribution is 8.00. The fraction of sp³-hybridized carbons (Fsp3) is 0.364. The van der Waals surface area contributed by atoms with E-state index in [1.165, 1.54) is 18.2 Å². The number of alkyl halides is 3. The second kappa shape index (κ2) is 3.74. The van der Waals surface area contributed by atoms with Gasteiger partial charge in [-0.15, -0.1) is 0 Å². The highest BCUT2D eigenvalue weighted by Crippen LogP contribution is 2.53. The third-order valence-electron chi connectivity index (χ3n) is 2.53. The Bertz CT molecular complexity index is 327. The summed E-state index contributed by atoms with van der Waals surface area (Å²) in [6.07, 6.45) is -2.78. The Kier molecular flexibility index (Phi) is 2.71. The zero-order valence-electron chi connectivity index (χ0n) is 7.92. The molecule has 0 N–H and O–H groups in total. The highest BCUT2D eigenvalue weighted by atomic mass is 32.2. The number of hydrogen-bond donors (Lipinski definition) is 0. The van der Waals surface area contributed by atoms with Gasteiger partial charge in [0.25, 0.3) is 0 Å². The second-order valence-electron chi connectivity index (χ2n) is 3.70. The van der Waals surface area contributed by atoms with E-state index in [0.29, 0.717) is 5.56 Å². The molecule has 1 aliphatic rings. The first-order valence-corrected chi connectivity index (χ1v) is 5.74. The predicted octanol–water partition coefficient (Wildman–Crippen LogP) is 3.53. The summed E-state index contributed by atoms with van der Waals surface area (Å²) >= 11 is 1.34. The van der Waals surface area contributed by atoms with Crippen molar-refractivity contribution < 1.29 is 13.2 Å². The fourth-order valence-corrected chi connectivity index (χ4v) is 2.66. The monoisotopic (exact) mass is 231 g/mol. The maximum absolute atomic E-state index is 12.8. The molecule has 1 heterocycles. The standard InChI is InChI=1S/C11H10F3S/c12-11(13,14)10(7-15-8-10)6-9-4-2-1-3-5-9/h1-6H,7-8H2. The molecule has 1 aromatic rings. The van der Waals surface area contributed by atoms with Crippen molar-refractivity contribution in [2.45, 2.75) is 6.18 Å².